The zero-order valence-corrected chi connectivity index (χ0v) is 10.9. The van der Waals surface area contributed by atoms with Crippen molar-refractivity contribution in [2.45, 2.75) is 19.5 Å². The van der Waals surface area contributed by atoms with E-state index in [1.54, 1.807) is 6.92 Å². The molecular weight excluding hydrogens is 264 g/mol. The van der Waals surface area contributed by atoms with Crippen LogP contribution in [0.1, 0.15) is 24.1 Å². The quantitative estimate of drug-likeness (QED) is 0.805. The van der Waals surface area contributed by atoms with E-state index in [-0.39, 0.29) is 24.1 Å². The lowest BCUT2D eigenvalue weighted by Crippen LogP contribution is -2.19. The molecular formula is C15H15F2NO2. The zero-order chi connectivity index (χ0) is 14.7. The van der Waals surface area contributed by atoms with Crippen LogP contribution in [-0.4, -0.2) is 10.2 Å². The van der Waals surface area contributed by atoms with Crippen molar-refractivity contribution in [3.05, 3.63) is 59.2 Å². The van der Waals surface area contributed by atoms with E-state index >= 15 is 0 Å². The normalized spacial score (nSPS) is 12.3. The second kappa shape index (κ2) is 5.88. The van der Waals surface area contributed by atoms with Gasteiger partial charge in [-0.05, 0) is 25.1 Å². The Balaban J connectivity index is 2.11. The third-order valence-electron chi connectivity index (χ3n) is 3.11. The number of nitrogens with one attached hydrogen (secondary N) is 1. The largest absolute Gasteiger partial charge is 0.507 e. The highest BCUT2D eigenvalue weighted by Gasteiger charge is 2.15. The molecule has 0 aliphatic rings. The molecule has 0 aliphatic carbocycles. The predicted octanol–water partition coefficient (Wildman–Crippen LogP) is 3.23. The molecule has 0 fully saturated rings. The van der Waals surface area contributed by atoms with Crippen LogP contribution in [0.2, 0.25) is 0 Å². The number of hydrogen-bond acceptors (Lipinski definition) is 3. The SMILES string of the molecule is CC(NCc1ccc(F)cc1F)c1c(O)cccc1O. The van der Waals surface area contributed by atoms with E-state index in [0.29, 0.717) is 11.1 Å². The number of hydrogen-bond donors (Lipinski definition) is 3. The van der Waals surface area contributed by atoms with Crippen LogP contribution in [0.25, 0.3) is 0 Å². The molecule has 5 heteroatoms. The van der Waals surface area contributed by atoms with Gasteiger partial charge in [-0.2, -0.15) is 0 Å². The summed E-state index contributed by atoms with van der Waals surface area (Å²) in [4.78, 5) is 0. The van der Waals surface area contributed by atoms with E-state index in [1.165, 1.54) is 30.3 Å². The van der Waals surface area contributed by atoms with Crippen LogP contribution in [-0.2, 0) is 6.54 Å². The van der Waals surface area contributed by atoms with E-state index in [1.807, 2.05) is 0 Å². The Labute approximate surface area is 115 Å². The summed E-state index contributed by atoms with van der Waals surface area (Å²) in [6.07, 6.45) is 0. The summed E-state index contributed by atoms with van der Waals surface area (Å²) in [6, 6.07) is 7.43. The minimum atomic E-state index is -0.633. The highest BCUT2D eigenvalue weighted by atomic mass is 19.1. The maximum absolute atomic E-state index is 13.5. The highest BCUT2D eigenvalue weighted by molar-refractivity contribution is 5.44. The smallest absolute Gasteiger partial charge is 0.130 e. The van der Waals surface area contributed by atoms with Crippen molar-refractivity contribution in [1.29, 1.82) is 0 Å². The van der Waals surface area contributed by atoms with Crippen LogP contribution in [0.15, 0.2) is 36.4 Å². The zero-order valence-electron chi connectivity index (χ0n) is 10.9. The Bertz CT molecular complexity index is 597. The summed E-state index contributed by atoms with van der Waals surface area (Å²) in [6.45, 7) is 1.89. The number of aromatic hydroxyl groups is 2. The Kier molecular flexibility index (Phi) is 4.20. The Hall–Kier alpha value is -2.14. The number of rotatable bonds is 4. The van der Waals surface area contributed by atoms with Gasteiger partial charge in [0.1, 0.15) is 23.1 Å². The van der Waals surface area contributed by atoms with E-state index in [9.17, 15) is 19.0 Å². The van der Waals surface area contributed by atoms with Crippen molar-refractivity contribution in [3.8, 4) is 11.5 Å². The maximum Gasteiger partial charge on any atom is 0.130 e. The Morgan fingerprint density at radius 3 is 2.35 bits per heavy atom. The molecule has 20 heavy (non-hydrogen) atoms. The van der Waals surface area contributed by atoms with Crippen LogP contribution in [0.5, 0.6) is 11.5 Å². The van der Waals surface area contributed by atoms with Crippen LogP contribution in [0, 0.1) is 11.6 Å². The first-order valence-corrected chi connectivity index (χ1v) is 6.17. The van der Waals surface area contributed by atoms with Gasteiger partial charge in [0.25, 0.3) is 0 Å². The molecule has 0 amide bonds. The lowest BCUT2D eigenvalue weighted by Gasteiger charge is -2.17. The monoisotopic (exact) mass is 279 g/mol. The predicted molar refractivity (Wildman–Crippen MR) is 71.4 cm³/mol. The second-order valence-corrected chi connectivity index (χ2v) is 4.55. The van der Waals surface area contributed by atoms with E-state index in [2.05, 4.69) is 5.32 Å². The van der Waals surface area contributed by atoms with Crippen molar-refractivity contribution < 1.29 is 19.0 Å². The van der Waals surface area contributed by atoms with Gasteiger partial charge in [0.2, 0.25) is 0 Å². The van der Waals surface area contributed by atoms with Crippen LogP contribution in [0.4, 0.5) is 8.78 Å². The minimum absolute atomic E-state index is 0.0374. The topological polar surface area (TPSA) is 52.5 Å². The summed E-state index contributed by atoms with van der Waals surface area (Å²) in [7, 11) is 0. The van der Waals surface area contributed by atoms with Crippen molar-refractivity contribution in [2.24, 2.45) is 0 Å². The fraction of sp³-hybridized carbons (Fsp3) is 0.200. The maximum atomic E-state index is 13.5. The molecule has 2 rings (SSSR count). The molecule has 2 aromatic rings. The summed E-state index contributed by atoms with van der Waals surface area (Å²) in [5.41, 5.74) is 0.656. The lowest BCUT2D eigenvalue weighted by molar-refractivity contribution is 0.417. The van der Waals surface area contributed by atoms with E-state index < -0.39 is 11.6 Å². The molecule has 0 aromatic heterocycles. The van der Waals surface area contributed by atoms with Crippen LogP contribution >= 0.6 is 0 Å². The molecule has 0 radical (unpaired) electrons. The molecule has 3 N–H and O–H groups in total. The Morgan fingerprint density at radius 1 is 1.10 bits per heavy atom. The van der Waals surface area contributed by atoms with Gasteiger partial charge in [-0.15, -0.1) is 0 Å². The average Bonchev–Trinajstić information content (AvgIpc) is 2.37. The fourth-order valence-corrected chi connectivity index (χ4v) is 2.01. The van der Waals surface area contributed by atoms with Gasteiger partial charge in [0.05, 0.1) is 5.56 Å². The molecule has 0 saturated heterocycles. The Morgan fingerprint density at radius 2 is 1.75 bits per heavy atom. The average molecular weight is 279 g/mol. The molecule has 0 saturated carbocycles. The summed E-state index contributed by atoms with van der Waals surface area (Å²) in [5.74, 6) is -1.34. The molecule has 1 unspecified atom stereocenters. The van der Waals surface area contributed by atoms with Crippen molar-refractivity contribution in [2.75, 3.05) is 0 Å². The van der Waals surface area contributed by atoms with Gasteiger partial charge >= 0.3 is 0 Å². The van der Waals surface area contributed by atoms with Gasteiger partial charge < -0.3 is 15.5 Å². The number of benzene rings is 2. The van der Waals surface area contributed by atoms with Gasteiger partial charge in [0.15, 0.2) is 0 Å². The molecule has 106 valence electrons. The molecule has 3 nitrogen and oxygen atoms in total. The third-order valence-corrected chi connectivity index (χ3v) is 3.11. The van der Waals surface area contributed by atoms with Gasteiger partial charge in [-0.3, -0.25) is 0 Å². The van der Waals surface area contributed by atoms with E-state index in [4.69, 9.17) is 0 Å². The number of halogens is 2. The fourth-order valence-electron chi connectivity index (χ4n) is 2.01. The molecule has 0 bridgehead atoms. The molecule has 2 aromatic carbocycles. The first-order valence-electron chi connectivity index (χ1n) is 6.17. The van der Waals surface area contributed by atoms with Crippen molar-refractivity contribution in [3.63, 3.8) is 0 Å². The number of phenolic OH excluding ortho intramolecular Hbond substituents is 2. The van der Waals surface area contributed by atoms with Crippen molar-refractivity contribution >= 4 is 0 Å². The first kappa shape index (κ1) is 14.3. The second-order valence-electron chi connectivity index (χ2n) is 4.55. The first-order chi connectivity index (χ1) is 9.49. The molecule has 0 aliphatic heterocycles. The number of phenols is 2. The summed E-state index contributed by atoms with van der Waals surface area (Å²) < 4.78 is 26.3. The van der Waals surface area contributed by atoms with Gasteiger partial charge in [0, 0.05) is 24.2 Å². The van der Waals surface area contributed by atoms with Gasteiger partial charge in [-0.1, -0.05) is 12.1 Å². The highest BCUT2D eigenvalue weighted by Crippen LogP contribution is 2.32. The molecule has 1 atom stereocenters. The minimum Gasteiger partial charge on any atom is -0.507 e. The molecule has 0 spiro atoms. The van der Waals surface area contributed by atoms with E-state index in [0.717, 1.165) is 6.07 Å². The van der Waals surface area contributed by atoms with Gasteiger partial charge in [-0.25, -0.2) is 8.78 Å². The summed E-state index contributed by atoms with van der Waals surface area (Å²) >= 11 is 0. The third kappa shape index (κ3) is 3.05. The standard InChI is InChI=1S/C15H15F2NO2/c1-9(15-13(19)3-2-4-14(15)20)18-8-10-5-6-11(16)7-12(10)17/h2-7,9,18-20H,8H2,1H3. The summed E-state index contributed by atoms with van der Waals surface area (Å²) in [5, 5.41) is 22.4. The lowest BCUT2D eigenvalue weighted by atomic mass is 10.1. The van der Waals surface area contributed by atoms with Crippen LogP contribution in [0.3, 0.4) is 0 Å². The van der Waals surface area contributed by atoms with Crippen molar-refractivity contribution in [1.82, 2.24) is 5.32 Å². The molecule has 0 heterocycles. The van der Waals surface area contributed by atoms with Crippen LogP contribution < -0.4 is 5.32 Å².